The van der Waals surface area contributed by atoms with E-state index in [2.05, 4.69) is 6.92 Å². The molecule has 0 fully saturated rings. The highest BCUT2D eigenvalue weighted by Gasteiger charge is 2.03. The van der Waals surface area contributed by atoms with Crippen LogP contribution in [0.1, 0.15) is 18.1 Å². The molecule has 1 aromatic rings. The molecule has 1 rings (SSSR count). The van der Waals surface area contributed by atoms with Gasteiger partial charge in [-0.15, -0.1) is 0 Å². The highest BCUT2D eigenvalue weighted by molar-refractivity contribution is 7.99. The van der Waals surface area contributed by atoms with Gasteiger partial charge in [0.05, 0.1) is 6.61 Å². The molecule has 0 heterocycles. The fourth-order valence-corrected chi connectivity index (χ4v) is 1.88. The van der Waals surface area contributed by atoms with Crippen LogP contribution in [0.3, 0.4) is 0 Å². The first-order valence-corrected chi connectivity index (χ1v) is 6.82. The average molecular weight is 255 g/mol. The number of nitrogens with two attached hydrogens (primary N) is 1. The van der Waals surface area contributed by atoms with E-state index in [0.717, 1.165) is 35.0 Å². The van der Waals surface area contributed by atoms with Gasteiger partial charge in [-0.25, -0.2) is 0 Å². The second-order valence-corrected chi connectivity index (χ2v) is 5.22. The predicted octanol–water partition coefficient (Wildman–Crippen LogP) is 2.76. The van der Waals surface area contributed by atoms with E-state index >= 15 is 0 Å². The maximum Gasteiger partial charge on any atom is 0.122 e. The zero-order chi connectivity index (χ0) is 12.0. The van der Waals surface area contributed by atoms with Crippen LogP contribution in [-0.4, -0.2) is 23.1 Å². The lowest BCUT2D eigenvalue weighted by molar-refractivity contribution is 0.341. The first-order valence-electron chi connectivity index (χ1n) is 5.26. The molecule has 0 saturated heterocycles. The Bertz CT molecular complexity index is 366. The van der Waals surface area contributed by atoms with Gasteiger partial charge in [-0.2, -0.15) is 11.8 Å². The zero-order valence-electron chi connectivity index (χ0n) is 9.66. The van der Waals surface area contributed by atoms with Gasteiger partial charge in [-0.1, -0.05) is 31.3 Å². The monoisotopic (exact) mass is 255 g/mol. The number of ether oxygens (including phenoxy) is 1. The Morgan fingerprint density at radius 1 is 1.50 bits per heavy atom. The molecule has 0 spiro atoms. The Morgan fingerprint density at radius 3 is 2.88 bits per heavy atom. The minimum absolute atomic E-state index is 0.410. The number of benzene rings is 1. The highest BCUT2D eigenvalue weighted by Crippen LogP contribution is 2.19. The van der Waals surface area contributed by atoms with Gasteiger partial charge in [0.25, 0.3) is 0 Å². The Labute approximate surface area is 107 Å². The largest absolute Gasteiger partial charge is 0.492 e. The maximum absolute atomic E-state index is 5.69. The van der Waals surface area contributed by atoms with Crippen molar-refractivity contribution in [2.75, 3.05) is 18.1 Å². The van der Waals surface area contributed by atoms with Crippen LogP contribution in [0.4, 0.5) is 0 Å². The van der Waals surface area contributed by atoms with Gasteiger partial charge < -0.3 is 10.5 Å². The molecule has 0 bridgehead atoms. The van der Waals surface area contributed by atoms with E-state index in [1.807, 2.05) is 36.9 Å². The summed E-state index contributed by atoms with van der Waals surface area (Å²) >= 11 is 6.81. The van der Waals surface area contributed by atoms with Crippen LogP contribution < -0.4 is 10.5 Å². The summed E-state index contributed by atoms with van der Waals surface area (Å²) in [5.41, 5.74) is 7.55. The van der Waals surface area contributed by atoms with Crippen molar-refractivity contribution in [1.82, 2.24) is 0 Å². The molecule has 0 aromatic heterocycles. The van der Waals surface area contributed by atoms with Gasteiger partial charge in [0.2, 0.25) is 0 Å². The fourth-order valence-electron chi connectivity index (χ4n) is 1.26. The molecule has 0 amide bonds. The van der Waals surface area contributed by atoms with Crippen LogP contribution in [0.15, 0.2) is 18.2 Å². The molecular formula is C12H17NOS2. The van der Waals surface area contributed by atoms with Crippen LogP contribution in [0.5, 0.6) is 5.75 Å². The second kappa shape index (κ2) is 6.76. The molecule has 88 valence electrons. The number of thioether (sulfide) groups is 1. The minimum Gasteiger partial charge on any atom is -0.492 e. The molecule has 0 unspecified atom stereocenters. The van der Waals surface area contributed by atoms with Crippen molar-refractivity contribution in [2.24, 2.45) is 5.73 Å². The van der Waals surface area contributed by atoms with Gasteiger partial charge in [-0.05, 0) is 24.3 Å². The molecule has 2 nitrogen and oxygen atoms in total. The number of rotatable bonds is 6. The third-order valence-corrected chi connectivity index (χ3v) is 3.26. The average Bonchev–Trinajstić information content (AvgIpc) is 2.26. The topological polar surface area (TPSA) is 35.2 Å². The summed E-state index contributed by atoms with van der Waals surface area (Å²) in [5.74, 6) is 3.00. The molecule has 0 aliphatic rings. The van der Waals surface area contributed by atoms with E-state index in [0.29, 0.717) is 4.99 Å². The maximum atomic E-state index is 5.69. The van der Waals surface area contributed by atoms with Gasteiger partial charge in [0, 0.05) is 11.3 Å². The third kappa shape index (κ3) is 4.02. The molecule has 2 N–H and O–H groups in total. The van der Waals surface area contributed by atoms with E-state index in [9.17, 15) is 0 Å². The van der Waals surface area contributed by atoms with Crippen molar-refractivity contribution in [3.8, 4) is 5.75 Å². The fraction of sp³-hybridized carbons (Fsp3) is 0.417. The van der Waals surface area contributed by atoms with E-state index < -0.39 is 0 Å². The highest BCUT2D eigenvalue weighted by atomic mass is 32.2. The standard InChI is InChI=1S/C12H17NOS2/c1-3-16-7-6-14-11-8-10(12(13)15)5-4-9(11)2/h4-5,8H,3,6-7H2,1-2H3,(H2,13,15). The first-order chi connectivity index (χ1) is 7.65. The Morgan fingerprint density at radius 2 is 2.25 bits per heavy atom. The molecule has 4 heteroatoms. The summed E-state index contributed by atoms with van der Waals surface area (Å²) in [4.78, 5) is 0.410. The van der Waals surface area contributed by atoms with Crippen LogP contribution in [0, 0.1) is 6.92 Å². The molecular weight excluding hydrogens is 238 g/mol. The van der Waals surface area contributed by atoms with Crippen molar-refractivity contribution in [1.29, 1.82) is 0 Å². The summed E-state index contributed by atoms with van der Waals surface area (Å²) < 4.78 is 5.69. The van der Waals surface area contributed by atoms with Crippen molar-refractivity contribution < 1.29 is 4.74 Å². The normalized spacial score (nSPS) is 10.1. The number of thiocarbonyl (C=S) groups is 1. The zero-order valence-corrected chi connectivity index (χ0v) is 11.3. The van der Waals surface area contributed by atoms with Crippen molar-refractivity contribution in [3.63, 3.8) is 0 Å². The molecule has 1 aromatic carbocycles. The van der Waals surface area contributed by atoms with Crippen LogP contribution in [0.25, 0.3) is 0 Å². The van der Waals surface area contributed by atoms with Crippen molar-refractivity contribution in [2.45, 2.75) is 13.8 Å². The van der Waals surface area contributed by atoms with Crippen molar-refractivity contribution >= 4 is 29.0 Å². The van der Waals surface area contributed by atoms with Crippen LogP contribution >= 0.6 is 24.0 Å². The number of hydrogen-bond acceptors (Lipinski definition) is 3. The quantitative estimate of drug-likeness (QED) is 0.626. The first kappa shape index (κ1) is 13.3. The lowest BCUT2D eigenvalue weighted by Gasteiger charge is -2.10. The molecule has 0 atom stereocenters. The molecule has 0 saturated carbocycles. The molecule has 0 aliphatic carbocycles. The molecule has 16 heavy (non-hydrogen) atoms. The van der Waals surface area contributed by atoms with E-state index in [4.69, 9.17) is 22.7 Å². The Balaban J connectivity index is 2.63. The number of hydrogen-bond donors (Lipinski definition) is 1. The van der Waals surface area contributed by atoms with Crippen LogP contribution in [0.2, 0.25) is 0 Å². The van der Waals surface area contributed by atoms with E-state index in [1.54, 1.807) is 0 Å². The van der Waals surface area contributed by atoms with Crippen molar-refractivity contribution in [3.05, 3.63) is 29.3 Å². The minimum atomic E-state index is 0.410. The smallest absolute Gasteiger partial charge is 0.122 e. The number of aryl methyl sites for hydroxylation is 1. The second-order valence-electron chi connectivity index (χ2n) is 3.39. The lowest BCUT2D eigenvalue weighted by atomic mass is 10.1. The molecule has 0 aliphatic heterocycles. The van der Waals surface area contributed by atoms with E-state index in [1.165, 1.54) is 0 Å². The lowest BCUT2D eigenvalue weighted by Crippen LogP contribution is -2.10. The van der Waals surface area contributed by atoms with Gasteiger partial charge >= 0.3 is 0 Å². The Kier molecular flexibility index (Phi) is 5.63. The van der Waals surface area contributed by atoms with Gasteiger partial charge in [0.1, 0.15) is 10.7 Å². The predicted molar refractivity (Wildman–Crippen MR) is 75.6 cm³/mol. The summed E-state index contributed by atoms with van der Waals surface area (Å²) in [6.07, 6.45) is 0. The summed E-state index contributed by atoms with van der Waals surface area (Å²) in [5, 5.41) is 0. The Hall–Kier alpha value is -0.740. The van der Waals surface area contributed by atoms with Crippen LogP contribution in [-0.2, 0) is 0 Å². The molecule has 0 radical (unpaired) electrons. The summed E-state index contributed by atoms with van der Waals surface area (Å²) in [7, 11) is 0. The van der Waals surface area contributed by atoms with Gasteiger partial charge in [-0.3, -0.25) is 0 Å². The third-order valence-electron chi connectivity index (χ3n) is 2.16. The SMILES string of the molecule is CCSCCOc1cc(C(N)=S)ccc1C. The summed E-state index contributed by atoms with van der Waals surface area (Å²) in [6.45, 7) is 4.88. The van der Waals surface area contributed by atoms with E-state index in [-0.39, 0.29) is 0 Å². The van der Waals surface area contributed by atoms with Gasteiger partial charge in [0.15, 0.2) is 0 Å². The summed E-state index contributed by atoms with van der Waals surface area (Å²) in [6, 6.07) is 5.82.